The molecule has 0 aliphatic carbocycles. The normalized spacial score (nSPS) is 13.5. The summed E-state index contributed by atoms with van der Waals surface area (Å²) in [7, 11) is 0. The van der Waals surface area contributed by atoms with Crippen LogP contribution < -0.4 is 38.1 Å². The Labute approximate surface area is 320 Å². The lowest BCUT2D eigenvalue weighted by molar-refractivity contribution is -0.134. The van der Waals surface area contributed by atoms with Gasteiger partial charge in [0.05, 0.1) is 11.9 Å². The number of hydrogen-bond donors (Lipinski definition) is 8. The van der Waals surface area contributed by atoms with Gasteiger partial charge in [-0.05, 0) is 55.0 Å². The summed E-state index contributed by atoms with van der Waals surface area (Å²) < 4.78 is 0. The van der Waals surface area contributed by atoms with Crippen molar-refractivity contribution in [2.24, 2.45) is 11.5 Å². The number of primary amides is 1. The summed E-state index contributed by atoms with van der Waals surface area (Å²) in [4.78, 5) is 85.8. The molecule has 0 saturated heterocycles. The standard InChI is InChI=1S/C40H51N9O6/c1-25(50)44-18-10-9-15-31(35(41)51)46-36(52)32(20-26-11-5-4-6-12-26)47-37(53)33(21-27-16-17-28-13-7-8-14-29(28)19-27)48-38(54)34(22-30-23-43-24-45-30)49-39(55)40(2,3)42/h4-8,11-14,16-17,19,23-24,31-34H,9-10,15,18,20-22,42H2,1-3H3,(H2,41,51)(H,43,45)(H,44,50)(H,46,52)(H,47,53)(H,48,54)(H,49,55)/t31-,32+,33?,34?/m0/s1. The fraction of sp³-hybridized carbons (Fsp3) is 0.375. The van der Waals surface area contributed by atoms with Gasteiger partial charge in [0.1, 0.15) is 24.2 Å². The highest BCUT2D eigenvalue weighted by Gasteiger charge is 2.33. The Morgan fingerprint density at radius 2 is 1.29 bits per heavy atom. The number of carbonyl (C=O) groups is 6. The van der Waals surface area contributed by atoms with Gasteiger partial charge in [0, 0.05) is 44.6 Å². The zero-order chi connectivity index (χ0) is 40.0. The second kappa shape index (κ2) is 19.8. The molecule has 6 amide bonds. The lowest BCUT2D eigenvalue weighted by Gasteiger charge is -2.27. The van der Waals surface area contributed by atoms with Crippen LogP contribution in [0.15, 0.2) is 85.3 Å². The van der Waals surface area contributed by atoms with Crippen LogP contribution in [0.25, 0.3) is 10.8 Å². The monoisotopic (exact) mass is 753 g/mol. The van der Waals surface area contributed by atoms with Crippen molar-refractivity contribution in [2.45, 2.75) is 89.0 Å². The molecule has 1 heterocycles. The lowest BCUT2D eigenvalue weighted by atomic mass is 9.99. The number of rotatable bonds is 20. The molecule has 4 rings (SSSR count). The van der Waals surface area contributed by atoms with Crippen LogP contribution in [0.5, 0.6) is 0 Å². The van der Waals surface area contributed by atoms with Crippen molar-refractivity contribution in [3.8, 4) is 0 Å². The summed E-state index contributed by atoms with van der Waals surface area (Å²) in [6.07, 6.45) is 4.36. The Hall–Kier alpha value is -6.09. The lowest BCUT2D eigenvalue weighted by Crippen LogP contribution is -2.60. The minimum absolute atomic E-state index is 0.0241. The third kappa shape index (κ3) is 13.4. The maximum absolute atomic E-state index is 14.3. The van der Waals surface area contributed by atoms with Crippen molar-refractivity contribution in [1.82, 2.24) is 36.6 Å². The predicted molar refractivity (Wildman–Crippen MR) is 208 cm³/mol. The number of amides is 6. The fourth-order valence-corrected chi connectivity index (χ4v) is 5.88. The Bertz CT molecular complexity index is 1930. The van der Waals surface area contributed by atoms with Crippen LogP contribution >= 0.6 is 0 Å². The van der Waals surface area contributed by atoms with Crippen molar-refractivity contribution in [3.05, 3.63) is 102 Å². The zero-order valence-electron chi connectivity index (χ0n) is 31.4. The molecule has 0 bridgehead atoms. The molecule has 2 unspecified atom stereocenters. The summed E-state index contributed by atoms with van der Waals surface area (Å²) in [5, 5.41) is 15.6. The number of aromatic amines is 1. The van der Waals surface area contributed by atoms with Crippen molar-refractivity contribution < 1.29 is 28.8 Å². The first-order chi connectivity index (χ1) is 26.2. The minimum atomic E-state index is -1.30. The summed E-state index contributed by atoms with van der Waals surface area (Å²) in [5.74, 6) is -3.48. The van der Waals surface area contributed by atoms with Gasteiger partial charge in [0.15, 0.2) is 0 Å². The van der Waals surface area contributed by atoms with Crippen LogP contribution in [-0.4, -0.2) is 81.7 Å². The topological polar surface area (TPSA) is 243 Å². The molecule has 15 heteroatoms. The molecular formula is C40H51N9O6. The number of fused-ring (bicyclic) bond motifs is 1. The summed E-state index contributed by atoms with van der Waals surface area (Å²) in [5.41, 5.74) is 12.4. The Morgan fingerprint density at radius 1 is 0.709 bits per heavy atom. The number of imidazole rings is 1. The number of H-pyrrole nitrogens is 1. The van der Waals surface area contributed by atoms with Crippen molar-refractivity contribution >= 4 is 46.2 Å². The van der Waals surface area contributed by atoms with E-state index in [1.807, 2.05) is 48.5 Å². The van der Waals surface area contributed by atoms with E-state index in [0.29, 0.717) is 25.1 Å². The molecule has 3 aromatic carbocycles. The molecule has 4 atom stereocenters. The highest BCUT2D eigenvalue weighted by molar-refractivity contribution is 5.96. The number of nitrogens with zero attached hydrogens (tertiary/aromatic N) is 1. The molecule has 0 fully saturated rings. The Balaban J connectivity index is 1.62. The molecule has 0 aliphatic rings. The van der Waals surface area contributed by atoms with E-state index in [-0.39, 0.29) is 31.6 Å². The number of carbonyl (C=O) groups excluding carboxylic acids is 6. The van der Waals surface area contributed by atoms with Gasteiger partial charge < -0.3 is 43.0 Å². The second-order valence-electron chi connectivity index (χ2n) is 14.2. The van der Waals surface area contributed by atoms with Crippen molar-refractivity contribution in [1.29, 1.82) is 0 Å². The number of nitrogens with two attached hydrogens (primary N) is 2. The Kier molecular flexibility index (Phi) is 15.0. The van der Waals surface area contributed by atoms with Crippen LogP contribution in [0.3, 0.4) is 0 Å². The molecule has 1 aromatic heterocycles. The van der Waals surface area contributed by atoms with Gasteiger partial charge in [-0.15, -0.1) is 0 Å². The molecular weight excluding hydrogens is 702 g/mol. The smallest absolute Gasteiger partial charge is 0.243 e. The quantitative estimate of drug-likeness (QED) is 0.0606. The molecule has 0 radical (unpaired) electrons. The zero-order valence-corrected chi connectivity index (χ0v) is 31.4. The van der Waals surface area contributed by atoms with E-state index in [0.717, 1.165) is 21.9 Å². The molecule has 292 valence electrons. The first-order valence-corrected chi connectivity index (χ1v) is 18.2. The predicted octanol–water partition coefficient (Wildman–Crippen LogP) is 1.06. The first kappa shape index (κ1) is 41.7. The number of hydrogen-bond acceptors (Lipinski definition) is 8. The van der Waals surface area contributed by atoms with E-state index in [4.69, 9.17) is 11.5 Å². The van der Waals surface area contributed by atoms with Crippen LogP contribution in [-0.2, 0) is 48.0 Å². The van der Waals surface area contributed by atoms with E-state index < -0.39 is 59.2 Å². The van der Waals surface area contributed by atoms with Gasteiger partial charge in [-0.2, -0.15) is 0 Å². The van der Waals surface area contributed by atoms with Gasteiger partial charge in [-0.25, -0.2) is 4.98 Å². The Morgan fingerprint density at radius 3 is 1.87 bits per heavy atom. The van der Waals surface area contributed by atoms with Crippen LogP contribution in [0, 0.1) is 0 Å². The van der Waals surface area contributed by atoms with E-state index in [1.165, 1.54) is 33.3 Å². The molecule has 55 heavy (non-hydrogen) atoms. The maximum Gasteiger partial charge on any atom is 0.243 e. The minimum Gasteiger partial charge on any atom is -0.368 e. The maximum atomic E-state index is 14.3. The highest BCUT2D eigenvalue weighted by Crippen LogP contribution is 2.17. The van der Waals surface area contributed by atoms with Crippen LogP contribution in [0.4, 0.5) is 0 Å². The van der Waals surface area contributed by atoms with Crippen molar-refractivity contribution in [3.63, 3.8) is 0 Å². The largest absolute Gasteiger partial charge is 0.368 e. The van der Waals surface area contributed by atoms with Gasteiger partial charge in [-0.1, -0.05) is 72.8 Å². The summed E-state index contributed by atoms with van der Waals surface area (Å²) in [6.45, 7) is 4.83. The molecule has 10 N–H and O–H groups in total. The van der Waals surface area contributed by atoms with Crippen molar-refractivity contribution in [2.75, 3.05) is 6.54 Å². The first-order valence-electron chi connectivity index (χ1n) is 18.2. The molecule has 4 aromatic rings. The number of nitrogens with one attached hydrogen (secondary N) is 6. The summed E-state index contributed by atoms with van der Waals surface area (Å²) >= 11 is 0. The number of benzene rings is 3. The average molecular weight is 754 g/mol. The molecule has 0 spiro atoms. The highest BCUT2D eigenvalue weighted by atomic mass is 16.2. The molecule has 15 nitrogen and oxygen atoms in total. The molecule has 0 saturated carbocycles. The van der Waals surface area contributed by atoms with E-state index in [9.17, 15) is 28.8 Å². The third-order valence-electron chi connectivity index (χ3n) is 8.94. The van der Waals surface area contributed by atoms with Crippen LogP contribution in [0.1, 0.15) is 56.9 Å². The van der Waals surface area contributed by atoms with E-state index in [1.54, 1.807) is 24.3 Å². The fourth-order valence-electron chi connectivity index (χ4n) is 5.88. The second-order valence-corrected chi connectivity index (χ2v) is 14.2. The van der Waals surface area contributed by atoms with Crippen LogP contribution in [0.2, 0.25) is 0 Å². The van der Waals surface area contributed by atoms with Gasteiger partial charge >= 0.3 is 0 Å². The molecule has 0 aliphatic heterocycles. The third-order valence-corrected chi connectivity index (χ3v) is 8.94. The van der Waals surface area contributed by atoms with Gasteiger partial charge in [0.2, 0.25) is 35.4 Å². The average Bonchev–Trinajstić information content (AvgIpc) is 3.66. The SMILES string of the molecule is CC(=O)NCCCC[C@H](NC(=O)[C@@H](Cc1ccccc1)NC(=O)C(Cc1ccc2ccccc2c1)NC(=O)C(Cc1cnc[nH]1)NC(=O)C(C)(C)N)C(N)=O. The van der Waals surface area contributed by atoms with E-state index >= 15 is 0 Å². The van der Waals surface area contributed by atoms with Gasteiger partial charge in [-0.3, -0.25) is 28.8 Å². The van der Waals surface area contributed by atoms with Gasteiger partial charge in [0.25, 0.3) is 0 Å². The van der Waals surface area contributed by atoms with E-state index in [2.05, 4.69) is 36.6 Å². The summed E-state index contributed by atoms with van der Waals surface area (Å²) in [6, 6.07) is 17.8. The number of aromatic nitrogens is 2. The number of unbranched alkanes of at least 4 members (excludes halogenated alkanes) is 1.